The van der Waals surface area contributed by atoms with E-state index in [1.165, 1.54) is 24.3 Å². The number of nitrogens with one attached hydrogen (secondary N) is 1. The Labute approximate surface area is 109 Å². The minimum absolute atomic E-state index is 0.147. The number of carbonyl (C=O) groups is 1. The Morgan fingerprint density at radius 2 is 2.05 bits per heavy atom. The van der Waals surface area contributed by atoms with E-state index in [9.17, 15) is 9.18 Å². The molecule has 19 heavy (non-hydrogen) atoms. The van der Waals surface area contributed by atoms with E-state index < -0.39 is 0 Å². The maximum atomic E-state index is 12.7. The van der Waals surface area contributed by atoms with Crippen LogP contribution in [0.25, 0.3) is 0 Å². The van der Waals surface area contributed by atoms with E-state index in [1.54, 1.807) is 0 Å². The van der Waals surface area contributed by atoms with Gasteiger partial charge >= 0.3 is 0 Å². The largest absolute Gasteiger partial charge is 0.345 e. The van der Waals surface area contributed by atoms with E-state index in [0.717, 1.165) is 0 Å². The molecule has 0 radical (unpaired) electrons. The van der Waals surface area contributed by atoms with Crippen molar-refractivity contribution >= 4 is 5.91 Å². The Morgan fingerprint density at radius 3 is 2.63 bits per heavy atom. The van der Waals surface area contributed by atoms with E-state index in [2.05, 4.69) is 15.5 Å². The molecule has 0 saturated carbocycles. The summed E-state index contributed by atoms with van der Waals surface area (Å²) in [6.45, 7) is 4.05. The molecule has 1 N–H and O–H groups in total. The molecule has 5 nitrogen and oxygen atoms in total. The summed E-state index contributed by atoms with van der Waals surface area (Å²) < 4.78 is 17.7. The zero-order valence-electron chi connectivity index (χ0n) is 10.7. The number of rotatable bonds is 4. The molecular weight excluding hydrogens is 249 g/mol. The van der Waals surface area contributed by atoms with Gasteiger partial charge in [-0.05, 0) is 24.3 Å². The molecule has 0 spiro atoms. The lowest BCUT2D eigenvalue weighted by atomic mass is 10.2. The summed E-state index contributed by atoms with van der Waals surface area (Å²) in [7, 11) is 0. The smallest absolute Gasteiger partial charge is 0.251 e. The van der Waals surface area contributed by atoms with E-state index >= 15 is 0 Å². The third-order valence-corrected chi connectivity index (χ3v) is 2.49. The molecular formula is C13H14FN3O2. The lowest BCUT2D eigenvalue weighted by Crippen LogP contribution is -2.23. The Balaban J connectivity index is 1.94. The maximum absolute atomic E-state index is 12.7. The maximum Gasteiger partial charge on any atom is 0.251 e. The van der Waals surface area contributed by atoms with Gasteiger partial charge in [-0.15, -0.1) is 0 Å². The zero-order chi connectivity index (χ0) is 13.8. The van der Waals surface area contributed by atoms with E-state index in [1.807, 2.05) is 13.8 Å². The van der Waals surface area contributed by atoms with Gasteiger partial charge in [0.25, 0.3) is 5.91 Å². The third-order valence-electron chi connectivity index (χ3n) is 2.49. The fourth-order valence-electron chi connectivity index (χ4n) is 1.44. The second-order valence-electron chi connectivity index (χ2n) is 4.39. The predicted molar refractivity (Wildman–Crippen MR) is 66.0 cm³/mol. The second-order valence-corrected chi connectivity index (χ2v) is 4.39. The molecule has 0 aliphatic heterocycles. The van der Waals surface area contributed by atoms with Crippen LogP contribution >= 0.6 is 0 Å². The first kappa shape index (κ1) is 13.2. The number of hydrogen-bond acceptors (Lipinski definition) is 4. The molecule has 0 fully saturated rings. The van der Waals surface area contributed by atoms with Gasteiger partial charge in [0.1, 0.15) is 5.82 Å². The standard InChI is InChI=1S/C13H14FN3O2/c1-8(2)13-16-11(17-19-13)7-15-12(18)9-3-5-10(14)6-4-9/h3-6,8H,7H2,1-2H3,(H,15,18). The quantitative estimate of drug-likeness (QED) is 0.918. The van der Waals surface area contributed by atoms with Crippen LogP contribution in [-0.4, -0.2) is 16.0 Å². The van der Waals surface area contributed by atoms with Crippen molar-refractivity contribution in [1.29, 1.82) is 0 Å². The highest BCUT2D eigenvalue weighted by molar-refractivity contribution is 5.94. The third kappa shape index (κ3) is 3.37. The van der Waals surface area contributed by atoms with Gasteiger partial charge < -0.3 is 9.84 Å². The van der Waals surface area contributed by atoms with Gasteiger partial charge in [0.05, 0.1) is 6.54 Å². The van der Waals surface area contributed by atoms with Gasteiger partial charge in [-0.1, -0.05) is 19.0 Å². The van der Waals surface area contributed by atoms with Gasteiger partial charge in [0.2, 0.25) is 5.89 Å². The fourth-order valence-corrected chi connectivity index (χ4v) is 1.44. The van der Waals surface area contributed by atoms with Crippen molar-refractivity contribution in [3.05, 3.63) is 47.4 Å². The number of nitrogens with zero attached hydrogens (tertiary/aromatic N) is 2. The molecule has 0 bridgehead atoms. The van der Waals surface area contributed by atoms with Crippen LogP contribution in [0.4, 0.5) is 4.39 Å². The number of amides is 1. The van der Waals surface area contributed by atoms with E-state index in [-0.39, 0.29) is 24.2 Å². The van der Waals surface area contributed by atoms with Gasteiger partial charge in [-0.3, -0.25) is 4.79 Å². The second kappa shape index (κ2) is 5.60. The summed E-state index contributed by atoms with van der Waals surface area (Å²) in [4.78, 5) is 15.9. The molecule has 0 aliphatic rings. The molecule has 1 aromatic heterocycles. The van der Waals surface area contributed by atoms with Gasteiger partial charge in [0, 0.05) is 11.5 Å². The van der Waals surface area contributed by atoms with Crippen LogP contribution in [0.5, 0.6) is 0 Å². The number of hydrogen-bond donors (Lipinski definition) is 1. The molecule has 0 aliphatic carbocycles. The lowest BCUT2D eigenvalue weighted by molar-refractivity contribution is 0.0949. The van der Waals surface area contributed by atoms with Crippen LogP contribution in [-0.2, 0) is 6.54 Å². The summed E-state index contributed by atoms with van der Waals surface area (Å²) in [5.41, 5.74) is 0.383. The molecule has 0 unspecified atom stereocenters. The van der Waals surface area contributed by atoms with Gasteiger partial charge in [0.15, 0.2) is 5.82 Å². The first-order valence-corrected chi connectivity index (χ1v) is 5.92. The van der Waals surface area contributed by atoms with Crippen molar-refractivity contribution in [1.82, 2.24) is 15.5 Å². The van der Waals surface area contributed by atoms with Gasteiger partial charge in [-0.2, -0.15) is 4.98 Å². The molecule has 1 amide bonds. The Bertz CT molecular complexity index is 564. The van der Waals surface area contributed by atoms with Crippen molar-refractivity contribution in [2.45, 2.75) is 26.3 Å². The summed E-state index contributed by atoms with van der Waals surface area (Å²) in [6, 6.07) is 5.31. The Hall–Kier alpha value is -2.24. The van der Waals surface area contributed by atoms with E-state index in [4.69, 9.17) is 4.52 Å². The number of aromatic nitrogens is 2. The lowest BCUT2D eigenvalue weighted by Gasteiger charge is -2.01. The SMILES string of the molecule is CC(C)c1nc(CNC(=O)c2ccc(F)cc2)no1. The first-order chi connectivity index (χ1) is 9.06. The Morgan fingerprint density at radius 1 is 1.37 bits per heavy atom. The minimum Gasteiger partial charge on any atom is -0.345 e. The topological polar surface area (TPSA) is 68.0 Å². The van der Waals surface area contributed by atoms with Crippen LogP contribution in [0.3, 0.4) is 0 Å². The predicted octanol–water partition coefficient (Wildman–Crippen LogP) is 2.26. The molecule has 1 heterocycles. The molecule has 0 atom stereocenters. The van der Waals surface area contributed by atoms with E-state index in [0.29, 0.717) is 17.3 Å². The average Bonchev–Trinajstić information content (AvgIpc) is 2.86. The number of carbonyl (C=O) groups excluding carboxylic acids is 1. The summed E-state index contributed by atoms with van der Waals surface area (Å²) >= 11 is 0. The highest BCUT2D eigenvalue weighted by Gasteiger charge is 2.11. The Kier molecular flexibility index (Phi) is 3.89. The monoisotopic (exact) mass is 263 g/mol. The number of benzene rings is 1. The molecule has 1 aromatic carbocycles. The van der Waals surface area contributed by atoms with Crippen LogP contribution in [0.2, 0.25) is 0 Å². The van der Waals surface area contributed by atoms with Crippen molar-refractivity contribution in [3.8, 4) is 0 Å². The molecule has 0 saturated heterocycles. The highest BCUT2D eigenvalue weighted by Crippen LogP contribution is 2.10. The summed E-state index contributed by atoms with van der Waals surface area (Å²) in [5, 5.41) is 6.40. The van der Waals surface area contributed by atoms with Crippen LogP contribution in [0.1, 0.15) is 41.8 Å². The average molecular weight is 263 g/mol. The van der Waals surface area contributed by atoms with Crippen LogP contribution in [0, 0.1) is 5.82 Å². The van der Waals surface area contributed by atoms with Crippen molar-refractivity contribution in [2.24, 2.45) is 0 Å². The van der Waals surface area contributed by atoms with Crippen LogP contribution < -0.4 is 5.32 Å². The molecule has 6 heteroatoms. The normalized spacial score (nSPS) is 10.7. The number of halogens is 1. The summed E-state index contributed by atoms with van der Waals surface area (Å²) in [5.74, 6) is 0.409. The zero-order valence-corrected chi connectivity index (χ0v) is 10.7. The minimum atomic E-state index is -0.378. The fraction of sp³-hybridized carbons (Fsp3) is 0.308. The molecule has 100 valence electrons. The molecule has 2 rings (SSSR count). The van der Waals surface area contributed by atoms with Crippen molar-refractivity contribution in [2.75, 3.05) is 0 Å². The summed E-state index contributed by atoms with van der Waals surface area (Å²) in [6.07, 6.45) is 0. The van der Waals surface area contributed by atoms with Gasteiger partial charge in [-0.25, -0.2) is 4.39 Å². The van der Waals surface area contributed by atoms with Crippen molar-refractivity contribution in [3.63, 3.8) is 0 Å². The van der Waals surface area contributed by atoms with Crippen molar-refractivity contribution < 1.29 is 13.7 Å². The highest BCUT2D eigenvalue weighted by atomic mass is 19.1. The van der Waals surface area contributed by atoms with Crippen LogP contribution in [0.15, 0.2) is 28.8 Å². The first-order valence-electron chi connectivity index (χ1n) is 5.92. The molecule has 2 aromatic rings.